The highest BCUT2D eigenvalue weighted by atomic mass is 16.5. The van der Waals surface area contributed by atoms with Gasteiger partial charge in [0.15, 0.2) is 0 Å². The molecule has 3 N–H and O–H groups in total. The number of hydrogen-bond acceptors (Lipinski definition) is 5. The molecule has 0 fully saturated rings. The molecule has 0 saturated carbocycles. The summed E-state index contributed by atoms with van der Waals surface area (Å²) in [6.07, 6.45) is 3.76. The highest BCUT2D eigenvalue weighted by Gasteiger charge is 2.17. The quantitative estimate of drug-likeness (QED) is 0.749. The van der Waals surface area contributed by atoms with Crippen molar-refractivity contribution in [2.45, 2.75) is 0 Å². The van der Waals surface area contributed by atoms with E-state index in [9.17, 15) is 15.2 Å². The van der Waals surface area contributed by atoms with Gasteiger partial charge in [-0.05, 0) is 29.8 Å². The second kappa shape index (κ2) is 6.61. The molecule has 0 aliphatic rings. The summed E-state index contributed by atoms with van der Waals surface area (Å²) in [6, 6.07) is 10.4. The number of methoxy groups -OCH3 is 1. The zero-order valence-corrected chi connectivity index (χ0v) is 14.2. The van der Waals surface area contributed by atoms with Crippen LogP contribution in [0.5, 0.6) is 5.75 Å². The number of ether oxygens (including phenoxy) is 1. The zero-order valence-electron chi connectivity index (χ0n) is 14.2. The van der Waals surface area contributed by atoms with Crippen LogP contribution >= 0.6 is 0 Å². The summed E-state index contributed by atoms with van der Waals surface area (Å²) in [4.78, 5) is 15.8. The molecule has 130 valence electrons. The van der Waals surface area contributed by atoms with E-state index in [1.165, 1.54) is 13.2 Å². The number of aryl methyl sites for hydroxylation is 1. The normalized spacial score (nSPS) is 10.3. The molecule has 0 aliphatic heterocycles. The number of aromatic carboxylic acids is 1. The molecule has 7 nitrogen and oxygen atoms in total. The van der Waals surface area contributed by atoms with E-state index >= 15 is 0 Å². The van der Waals surface area contributed by atoms with Crippen molar-refractivity contribution in [3.63, 3.8) is 0 Å². The molecule has 0 unspecified atom stereocenters. The summed E-state index contributed by atoms with van der Waals surface area (Å²) in [5.41, 5.74) is 8.70. The van der Waals surface area contributed by atoms with Gasteiger partial charge in [0.1, 0.15) is 28.8 Å². The van der Waals surface area contributed by atoms with Crippen LogP contribution in [0, 0.1) is 11.3 Å². The predicted octanol–water partition coefficient (Wildman–Crippen LogP) is 2.91. The van der Waals surface area contributed by atoms with Gasteiger partial charge >= 0.3 is 5.97 Å². The fourth-order valence-corrected chi connectivity index (χ4v) is 2.76. The van der Waals surface area contributed by atoms with Crippen LogP contribution in [-0.4, -0.2) is 27.7 Å². The van der Waals surface area contributed by atoms with Crippen LogP contribution in [-0.2, 0) is 7.05 Å². The minimum atomic E-state index is -1.12. The maximum absolute atomic E-state index is 11.5. The minimum Gasteiger partial charge on any atom is -0.496 e. The van der Waals surface area contributed by atoms with Crippen molar-refractivity contribution in [2.75, 3.05) is 12.8 Å². The van der Waals surface area contributed by atoms with Gasteiger partial charge in [-0.2, -0.15) is 5.26 Å². The fourth-order valence-electron chi connectivity index (χ4n) is 2.76. The Bertz CT molecular complexity index is 1050. The van der Waals surface area contributed by atoms with Gasteiger partial charge in [0, 0.05) is 30.6 Å². The van der Waals surface area contributed by atoms with Crippen molar-refractivity contribution in [2.24, 2.45) is 7.05 Å². The van der Waals surface area contributed by atoms with Gasteiger partial charge in [0.2, 0.25) is 0 Å². The number of carbonyl (C=O) groups is 1. The highest BCUT2D eigenvalue weighted by molar-refractivity contribution is 5.93. The molecule has 7 heteroatoms. The Hall–Kier alpha value is -3.79. The lowest BCUT2D eigenvalue weighted by Gasteiger charge is -2.12. The molecule has 0 spiro atoms. The number of anilines is 1. The number of aromatic nitrogens is 2. The van der Waals surface area contributed by atoms with Crippen LogP contribution in [0.25, 0.3) is 22.4 Å². The first-order chi connectivity index (χ1) is 12.4. The Morgan fingerprint density at radius 3 is 2.65 bits per heavy atom. The van der Waals surface area contributed by atoms with Crippen molar-refractivity contribution >= 4 is 11.8 Å². The lowest BCUT2D eigenvalue weighted by molar-refractivity contribution is 0.0693. The van der Waals surface area contributed by atoms with E-state index in [4.69, 9.17) is 10.5 Å². The van der Waals surface area contributed by atoms with Crippen molar-refractivity contribution in [3.05, 3.63) is 53.9 Å². The summed E-state index contributed by atoms with van der Waals surface area (Å²) >= 11 is 0. The molecular weight excluding hydrogens is 332 g/mol. The average Bonchev–Trinajstić information content (AvgIpc) is 3.06. The minimum absolute atomic E-state index is 0.00512. The third-order valence-corrected chi connectivity index (χ3v) is 4.03. The van der Waals surface area contributed by atoms with Crippen molar-refractivity contribution in [1.82, 2.24) is 9.55 Å². The highest BCUT2D eigenvalue weighted by Crippen LogP contribution is 2.33. The van der Waals surface area contributed by atoms with Crippen molar-refractivity contribution in [3.8, 4) is 34.2 Å². The first-order valence-corrected chi connectivity index (χ1v) is 7.69. The van der Waals surface area contributed by atoms with Gasteiger partial charge in [-0.3, -0.25) is 0 Å². The molecule has 3 rings (SSSR count). The second-order valence-corrected chi connectivity index (χ2v) is 5.71. The number of pyridine rings is 1. The van der Waals surface area contributed by atoms with E-state index in [1.807, 2.05) is 30.1 Å². The molecule has 0 saturated heterocycles. The van der Waals surface area contributed by atoms with Gasteiger partial charge in [-0.1, -0.05) is 6.07 Å². The second-order valence-electron chi connectivity index (χ2n) is 5.71. The Morgan fingerprint density at radius 1 is 1.31 bits per heavy atom. The first-order valence-electron chi connectivity index (χ1n) is 7.69. The van der Waals surface area contributed by atoms with Crippen LogP contribution in [0.15, 0.2) is 42.7 Å². The molecule has 1 aromatic carbocycles. The number of nitriles is 1. The maximum Gasteiger partial charge on any atom is 0.339 e. The van der Waals surface area contributed by atoms with E-state index in [2.05, 4.69) is 11.1 Å². The van der Waals surface area contributed by atoms with Gasteiger partial charge in [-0.25, -0.2) is 9.78 Å². The molecule has 2 aromatic heterocycles. The van der Waals surface area contributed by atoms with E-state index in [1.54, 1.807) is 18.2 Å². The van der Waals surface area contributed by atoms with E-state index in [0.29, 0.717) is 16.8 Å². The third-order valence-electron chi connectivity index (χ3n) is 4.03. The van der Waals surface area contributed by atoms with Gasteiger partial charge in [0.05, 0.1) is 12.8 Å². The summed E-state index contributed by atoms with van der Waals surface area (Å²) < 4.78 is 6.96. The molecule has 2 heterocycles. The molecule has 0 radical (unpaired) electrons. The Morgan fingerprint density at radius 2 is 2.08 bits per heavy atom. The number of carboxylic acid groups (broad SMARTS) is 1. The molecule has 26 heavy (non-hydrogen) atoms. The fraction of sp³-hybridized carbons (Fsp3) is 0.105. The Labute approximate surface area is 149 Å². The van der Waals surface area contributed by atoms with Crippen LogP contribution < -0.4 is 10.5 Å². The molecule has 0 atom stereocenters. The molecule has 3 aromatic rings. The lowest BCUT2D eigenvalue weighted by Crippen LogP contribution is -2.03. The van der Waals surface area contributed by atoms with Crippen LogP contribution in [0.2, 0.25) is 0 Å². The molecular formula is C19H16N4O3. The summed E-state index contributed by atoms with van der Waals surface area (Å²) in [7, 11) is 3.29. The third kappa shape index (κ3) is 2.96. The van der Waals surface area contributed by atoms with Gasteiger partial charge in [0.25, 0.3) is 0 Å². The maximum atomic E-state index is 11.5. The van der Waals surface area contributed by atoms with Crippen molar-refractivity contribution in [1.29, 1.82) is 5.26 Å². The first kappa shape index (κ1) is 17.0. The Kier molecular flexibility index (Phi) is 4.33. The monoisotopic (exact) mass is 348 g/mol. The van der Waals surface area contributed by atoms with Crippen molar-refractivity contribution < 1.29 is 14.6 Å². The van der Waals surface area contributed by atoms with E-state index < -0.39 is 5.97 Å². The number of benzene rings is 1. The largest absolute Gasteiger partial charge is 0.496 e. The van der Waals surface area contributed by atoms with Gasteiger partial charge in [-0.15, -0.1) is 0 Å². The number of rotatable bonds is 4. The van der Waals surface area contributed by atoms with Crippen LogP contribution in [0.1, 0.15) is 15.9 Å². The Balaban J connectivity index is 2.24. The van der Waals surface area contributed by atoms with Crippen LogP contribution in [0.4, 0.5) is 5.82 Å². The lowest BCUT2D eigenvalue weighted by atomic mass is 9.97. The number of nitrogen functional groups attached to an aromatic ring is 1. The summed E-state index contributed by atoms with van der Waals surface area (Å²) in [6.45, 7) is 0. The number of nitrogens with zero attached hydrogens (tertiary/aromatic N) is 3. The standard InChI is InChI=1S/C19H16N4O3/c1-23-6-5-12(10-23)16-8-13(15(9-20)18(21)22-16)11-3-4-17(26-2)14(7-11)19(24)25/h3-8,10H,1-2H3,(H2,21,22)(H,24,25). The number of carboxylic acids is 1. The summed E-state index contributed by atoms with van der Waals surface area (Å²) in [5.74, 6) is -0.783. The van der Waals surface area contributed by atoms with Gasteiger partial charge < -0.3 is 20.1 Å². The zero-order chi connectivity index (χ0) is 18.8. The number of nitrogens with two attached hydrogens (primary N) is 1. The topological polar surface area (TPSA) is 114 Å². The molecule has 0 bridgehead atoms. The average molecular weight is 348 g/mol. The molecule has 0 amide bonds. The smallest absolute Gasteiger partial charge is 0.339 e. The van der Waals surface area contributed by atoms with Crippen LogP contribution in [0.3, 0.4) is 0 Å². The predicted molar refractivity (Wildman–Crippen MR) is 96.7 cm³/mol. The molecule has 0 aliphatic carbocycles. The number of hydrogen-bond donors (Lipinski definition) is 2. The van der Waals surface area contributed by atoms with E-state index in [-0.39, 0.29) is 22.7 Å². The summed E-state index contributed by atoms with van der Waals surface area (Å²) in [5, 5.41) is 18.9. The SMILES string of the molecule is COc1ccc(-c2cc(-c3ccn(C)c3)nc(N)c2C#N)cc1C(=O)O. The van der Waals surface area contributed by atoms with E-state index in [0.717, 1.165) is 5.56 Å².